The van der Waals surface area contributed by atoms with Gasteiger partial charge in [0.2, 0.25) is 0 Å². The van der Waals surface area contributed by atoms with Crippen molar-refractivity contribution >= 4 is 5.91 Å². The standard InChI is InChI=1S/C15H26N4O/c1-3-11-18(12-4-2)14(20)15(6-9-16-10-7-15)19-13-5-8-17-19/h5,8,13,16H,3-4,6-7,9-12H2,1-2H3. The highest BCUT2D eigenvalue weighted by molar-refractivity contribution is 5.84. The van der Waals surface area contributed by atoms with E-state index in [1.165, 1.54) is 0 Å². The van der Waals surface area contributed by atoms with Crippen LogP contribution in [0.5, 0.6) is 0 Å². The maximum Gasteiger partial charge on any atom is 0.250 e. The average Bonchev–Trinajstić information content (AvgIpc) is 3.02. The summed E-state index contributed by atoms with van der Waals surface area (Å²) >= 11 is 0. The summed E-state index contributed by atoms with van der Waals surface area (Å²) in [6.45, 7) is 7.67. The van der Waals surface area contributed by atoms with Crippen LogP contribution in [0.1, 0.15) is 39.5 Å². The molecule has 1 amide bonds. The number of aromatic nitrogens is 2. The lowest BCUT2D eigenvalue weighted by Crippen LogP contribution is -2.56. The van der Waals surface area contributed by atoms with Crippen LogP contribution in [0.3, 0.4) is 0 Å². The third kappa shape index (κ3) is 2.87. The minimum absolute atomic E-state index is 0.242. The van der Waals surface area contributed by atoms with E-state index >= 15 is 0 Å². The van der Waals surface area contributed by atoms with Crippen molar-refractivity contribution in [2.45, 2.75) is 45.1 Å². The van der Waals surface area contributed by atoms with Gasteiger partial charge >= 0.3 is 0 Å². The van der Waals surface area contributed by atoms with E-state index in [-0.39, 0.29) is 5.91 Å². The number of hydrogen-bond donors (Lipinski definition) is 1. The largest absolute Gasteiger partial charge is 0.341 e. The Bertz CT molecular complexity index is 404. The molecule has 1 aliphatic heterocycles. The molecule has 1 aromatic rings. The van der Waals surface area contributed by atoms with E-state index in [4.69, 9.17) is 0 Å². The molecule has 0 aromatic carbocycles. The molecule has 0 spiro atoms. The molecule has 0 radical (unpaired) electrons. The van der Waals surface area contributed by atoms with E-state index in [0.717, 1.165) is 51.9 Å². The summed E-state index contributed by atoms with van der Waals surface area (Å²) in [6.07, 6.45) is 7.33. The van der Waals surface area contributed by atoms with Crippen molar-refractivity contribution in [3.63, 3.8) is 0 Å². The topological polar surface area (TPSA) is 50.2 Å². The van der Waals surface area contributed by atoms with Crippen LogP contribution < -0.4 is 5.32 Å². The van der Waals surface area contributed by atoms with Gasteiger partial charge in [0.15, 0.2) is 0 Å². The van der Waals surface area contributed by atoms with Gasteiger partial charge in [0.25, 0.3) is 5.91 Å². The molecule has 5 heteroatoms. The molecule has 1 aliphatic rings. The fourth-order valence-electron chi connectivity index (χ4n) is 3.05. The Balaban J connectivity index is 2.28. The van der Waals surface area contributed by atoms with E-state index in [9.17, 15) is 4.79 Å². The quantitative estimate of drug-likeness (QED) is 0.860. The van der Waals surface area contributed by atoms with E-state index in [2.05, 4.69) is 24.3 Å². The molecule has 0 bridgehead atoms. The zero-order valence-electron chi connectivity index (χ0n) is 12.6. The zero-order chi connectivity index (χ0) is 14.4. The highest BCUT2D eigenvalue weighted by Gasteiger charge is 2.44. The van der Waals surface area contributed by atoms with Gasteiger partial charge in [0.1, 0.15) is 5.54 Å². The molecule has 1 aromatic heterocycles. The van der Waals surface area contributed by atoms with Gasteiger partial charge in [-0.15, -0.1) is 0 Å². The Morgan fingerprint density at radius 2 is 1.95 bits per heavy atom. The van der Waals surface area contributed by atoms with E-state index in [1.54, 1.807) is 6.20 Å². The normalized spacial score (nSPS) is 17.9. The van der Waals surface area contributed by atoms with Crippen molar-refractivity contribution in [3.05, 3.63) is 18.5 Å². The third-order valence-corrected chi connectivity index (χ3v) is 4.05. The van der Waals surface area contributed by atoms with Crippen molar-refractivity contribution in [1.29, 1.82) is 0 Å². The van der Waals surface area contributed by atoms with E-state index in [0.29, 0.717) is 0 Å². The molecule has 0 unspecified atom stereocenters. The highest BCUT2D eigenvalue weighted by Crippen LogP contribution is 2.29. The maximum absolute atomic E-state index is 13.1. The van der Waals surface area contributed by atoms with E-state index in [1.807, 2.05) is 21.8 Å². The fraction of sp³-hybridized carbons (Fsp3) is 0.733. The van der Waals surface area contributed by atoms with Crippen molar-refractivity contribution in [2.75, 3.05) is 26.2 Å². The van der Waals surface area contributed by atoms with Crippen molar-refractivity contribution in [3.8, 4) is 0 Å². The molecule has 0 saturated carbocycles. The first kappa shape index (κ1) is 15.0. The average molecular weight is 278 g/mol. The SMILES string of the molecule is CCCN(CCC)C(=O)C1(n2cccn2)CCNCC1. The number of piperidine rings is 1. The van der Waals surface area contributed by atoms with Gasteiger partial charge in [0.05, 0.1) is 0 Å². The molecule has 0 aliphatic carbocycles. The fourth-order valence-corrected chi connectivity index (χ4v) is 3.05. The van der Waals surface area contributed by atoms with Crippen molar-refractivity contribution < 1.29 is 4.79 Å². The Labute approximate surface area is 121 Å². The number of nitrogens with zero attached hydrogens (tertiary/aromatic N) is 3. The Hall–Kier alpha value is -1.36. The first-order valence-electron chi connectivity index (χ1n) is 7.75. The summed E-state index contributed by atoms with van der Waals surface area (Å²) in [5.74, 6) is 0.242. The van der Waals surface area contributed by atoms with Gasteiger partial charge in [-0.05, 0) is 44.8 Å². The number of carbonyl (C=O) groups is 1. The summed E-state index contributed by atoms with van der Waals surface area (Å²) in [6, 6.07) is 1.90. The summed E-state index contributed by atoms with van der Waals surface area (Å²) in [7, 11) is 0. The van der Waals surface area contributed by atoms with Crippen LogP contribution in [0, 0.1) is 0 Å². The van der Waals surface area contributed by atoms with E-state index < -0.39 is 5.54 Å². The third-order valence-electron chi connectivity index (χ3n) is 4.05. The van der Waals surface area contributed by atoms with Crippen LogP contribution in [0.2, 0.25) is 0 Å². The van der Waals surface area contributed by atoms with Gasteiger partial charge in [-0.1, -0.05) is 13.8 Å². The molecule has 20 heavy (non-hydrogen) atoms. The molecule has 2 rings (SSSR count). The van der Waals surface area contributed by atoms with Gasteiger partial charge in [-0.25, -0.2) is 0 Å². The highest BCUT2D eigenvalue weighted by atomic mass is 16.2. The maximum atomic E-state index is 13.1. The summed E-state index contributed by atoms with van der Waals surface area (Å²) in [5.41, 5.74) is -0.487. The zero-order valence-corrected chi connectivity index (χ0v) is 12.6. The Kier molecular flexibility index (Phi) is 5.17. The molecule has 1 N–H and O–H groups in total. The summed E-state index contributed by atoms with van der Waals surface area (Å²) in [5, 5.41) is 7.72. The molecule has 5 nitrogen and oxygen atoms in total. The molecule has 1 fully saturated rings. The Morgan fingerprint density at radius 3 is 2.45 bits per heavy atom. The number of amides is 1. The van der Waals surface area contributed by atoms with Gasteiger partial charge < -0.3 is 10.2 Å². The molecular formula is C15H26N4O. The minimum atomic E-state index is -0.487. The first-order valence-corrected chi connectivity index (χ1v) is 7.75. The lowest BCUT2D eigenvalue weighted by atomic mass is 9.86. The number of carbonyl (C=O) groups excluding carboxylic acids is 1. The monoisotopic (exact) mass is 278 g/mol. The smallest absolute Gasteiger partial charge is 0.250 e. The number of nitrogens with one attached hydrogen (secondary N) is 1. The number of rotatable bonds is 6. The lowest BCUT2D eigenvalue weighted by Gasteiger charge is -2.40. The van der Waals surface area contributed by atoms with Crippen molar-refractivity contribution in [2.24, 2.45) is 0 Å². The van der Waals surface area contributed by atoms with Gasteiger partial charge in [-0.3, -0.25) is 9.48 Å². The predicted molar refractivity (Wildman–Crippen MR) is 79.5 cm³/mol. The first-order chi connectivity index (χ1) is 9.74. The van der Waals surface area contributed by atoms with Gasteiger partial charge in [0, 0.05) is 25.5 Å². The molecular weight excluding hydrogens is 252 g/mol. The van der Waals surface area contributed by atoms with Crippen LogP contribution in [0.4, 0.5) is 0 Å². The Morgan fingerprint density at radius 1 is 1.30 bits per heavy atom. The molecule has 2 heterocycles. The second-order valence-corrected chi connectivity index (χ2v) is 5.52. The van der Waals surface area contributed by atoms with Crippen LogP contribution >= 0.6 is 0 Å². The second kappa shape index (κ2) is 6.88. The van der Waals surface area contributed by atoms with Gasteiger partial charge in [-0.2, -0.15) is 5.10 Å². The van der Waals surface area contributed by atoms with Crippen LogP contribution in [-0.2, 0) is 10.3 Å². The van der Waals surface area contributed by atoms with Crippen LogP contribution in [0.25, 0.3) is 0 Å². The van der Waals surface area contributed by atoms with Crippen molar-refractivity contribution in [1.82, 2.24) is 20.0 Å². The molecule has 112 valence electrons. The van der Waals surface area contributed by atoms with Crippen LogP contribution in [-0.4, -0.2) is 46.8 Å². The predicted octanol–water partition coefficient (Wildman–Crippen LogP) is 1.61. The van der Waals surface area contributed by atoms with Crippen LogP contribution in [0.15, 0.2) is 18.5 Å². The lowest BCUT2D eigenvalue weighted by molar-refractivity contribution is -0.143. The summed E-state index contributed by atoms with van der Waals surface area (Å²) < 4.78 is 1.88. The molecule has 0 atom stereocenters. The minimum Gasteiger partial charge on any atom is -0.341 e. The summed E-state index contributed by atoms with van der Waals surface area (Å²) in [4.78, 5) is 15.2. The number of hydrogen-bond acceptors (Lipinski definition) is 3. The molecule has 1 saturated heterocycles. The second-order valence-electron chi connectivity index (χ2n) is 5.52.